The molecule has 33 heavy (non-hydrogen) atoms. The van der Waals surface area contributed by atoms with E-state index in [1.54, 1.807) is 59.2 Å². The van der Waals surface area contributed by atoms with Gasteiger partial charge in [-0.05, 0) is 29.8 Å². The second-order valence-corrected chi connectivity index (χ2v) is 7.62. The van der Waals surface area contributed by atoms with E-state index >= 15 is 0 Å². The monoisotopic (exact) mass is 447 g/mol. The Morgan fingerprint density at radius 3 is 2.45 bits per heavy atom. The van der Waals surface area contributed by atoms with Crippen LogP contribution in [0, 0.1) is 0 Å². The number of benzene rings is 1. The fourth-order valence-electron chi connectivity index (χ4n) is 3.34. The summed E-state index contributed by atoms with van der Waals surface area (Å²) in [4.78, 5) is 26.7. The Kier molecular flexibility index (Phi) is 6.39. The van der Waals surface area contributed by atoms with E-state index in [0.717, 1.165) is 11.1 Å². The lowest BCUT2D eigenvalue weighted by Crippen LogP contribution is -2.21. The highest BCUT2D eigenvalue weighted by Gasteiger charge is 2.13. The first kappa shape index (κ1) is 22.1. The fraction of sp³-hybridized carbons (Fsp3) is 0.250. The Labute approximate surface area is 191 Å². The molecule has 0 fully saturated rings. The van der Waals surface area contributed by atoms with Crippen LogP contribution in [0.3, 0.4) is 0 Å². The van der Waals surface area contributed by atoms with Gasteiger partial charge in [-0.25, -0.2) is 15.0 Å². The molecule has 9 nitrogen and oxygen atoms in total. The van der Waals surface area contributed by atoms with Crippen LogP contribution >= 0.6 is 0 Å². The molecule has 4 aromatic rings. The number of hydrogen-bond acceptors (Lipinski definition) is 7. The van der Waals surface area contributed by atoms with Crippen molar-refractivity contribution in [1.82, 2.24) is 24.4 Å². The highest BCUT2D eigenvalue weighted by atomic mass is 16.5. The van der Waals surface area contributed by atoms with Crippen LogP contribution in [0.2, 0.25) is 0 Å². The third-order valence-electron chi connectivity index (χ3n) is 5.09. The van der Waals surface area contributed by atoms with E-state index in [-0.39, 0.29) is 5.91 Å². The molecule has 0 radical (unpaired) electrons. The molecule has 4 rings (SSSR count). The lowest BCUT2D eigenvalue weighted by molar-refractivity contribution is 0.0827. The standard InChI is InChI=1S/C24H25N5O4/c1-28(2)24(30)18-10-19-23(26-12-18)29(15-27-19)13-16-5-7-20(21(9-16)31-3)33-14-17-6-8-22(32-4)25-11-17/h5-12,15H,13-14H2,1-4H3. The van der Waals surface area contributed by atoms with Gasteiger partial charge in [0.15, 0.2) is 17.1 Å². The molecule has 1 amide bonds. The summed E-state index contributed by atoms with van der Waals surface area (Å²) in [6.45, 7) is 0.903. The number of ether oxygens (including phenoxy) is 3. The minimum Gasteiger partial charge on any atom is -0.493 e. The van der Waals surface area contributed by atoms with Gasteiger partial charge in [0.2, 0.25) is 5.88 Å². The van der Waals surface area contributed by atoms with Crippen molar-refractivity contribution in [2.75, 3.05) is 28.3 Å². The summed E-state index contributed by atoms with van der Waals surface area (Å²) in [5.74, 6) is 1.72. The molecule has 170 valence electrons. The zero-order chi connectivity index (χ0) is 23.4. The van der Waals surface area contributed by atoms with Gasteiger partial charge in [0.1, 0.15) is 12.1 Å². The highest BCUT2D eigenvalue weighted by Crippen LogP contribution is 2.29. The second kappa shape index (κ2) is 9.56. The topological polar surface area (TPSA) is 91.6 Å². The maximum absolute atomic E-state index is 12.2. The molecule has 0 aliphatic rings. The van der Waals surface area contributed by atoms with Gasteiger partial charge in [-0.1, -0.05) is 6.07 Å². The normalized spacial score (nSPS) is 10.8. The molecule has 1 aromatic carbocycles. The number of hydrogen-bond donors (Lipinski definition) is 0. The molecular weight excluding hydrogens is 422 g/mol. The Balaban J connectivity index is 1.49. The number of rotatable bonds is 8. The number of fused-ring (bicyclic) bond motifs is 1. The maximum Gasteiger partial charge on any atom is 0.254 e. The Hall–Kier alpha value is -4.14. The summed E-state index contributed by atoms with van der Waals surface area (Å²) in [6, 6.07) is 11.2. The van der Waals surface area contributed by atoms with E-state index in [9.17, 15) is 4.79 Å². The largest absolute Gasteiger partial charge is 0.493 e. The van der Waals surface area contributed by atoms with Crippen LogP contribution in [0.1, 0.15) is 21.5 Å². The lowest BCUT2D eigenvalue weighted by Gasteiger charge is -2.13. The van der Waals surface area contributed by atoms with E-state index in [1.807, 2.05) is 28.8 Å². The number of carbonyl (C=O) groups excluding carboxylic acids is 1. The van der Waals surface area contributed by atoms with Gasteiger partial charge in [-0.2, -0.15) is 0 Å². The molecule has 9 heteroatoms. The van der Waals surface area contributed by atoms with E-state index in [4.69, 9.17) is 14.2 Å². The number of amides is 1. The lowest BCUT2D eigenvalue weighted by atomic mass is 10.2. The first-order valence-electron chi connectivity index (χ1n) is 10.3. The maximum atomic E-state index is 12.2. The van der Waals surface area contributed by atoms with Crippen LogP contribution in [0.15, 0.2) is 55.1 Å². The fourth-order valence-corrected chi connectivity index (χ4v) is 3.34. The number of imidazole rings is 1. The molecule has 0 unspecified atom stereocenters. The van der Waals surface area contributed by atoms with E-state index in [2.05, 4.69) is 15.0 Å². The average molecular weight is 447 g/mol. The van der Waals surface area contributed by atoms with Gasteiger partial charge in [0.05, 0.1) is 32.7 Å². The Bertz CT molecular complexity index is 1270. The second-order valence-electron chi connectivity index (χ2n) is 7.62. The van der Waals surface area contributed by atoms with Crippen molar-refractivity contribution in [3.05, 3.63) is 71.8 Å². The van der Waals surface area contributed by atoms with Crippen LogP contribution in [0.5, 0.6) is 17.4 Å². The van der Waals surface area contributed by atoms with E-state index in [1.165, 1.54) is 4.90 Å². The van der Waals surface area contributed by atoms with Crippen LogP contribution < -0.4 is 14.2 Å². The first-order chi connectivity index (χ1) is 16.0. The van der Waals surface area contributed by atoms with Crippen molar-refractivity contribution in [1.29, 1.82) is 0 Å². The molecule has 0 atom stereocenters. The summed E-state index contributed by atoms with van der Waals surface area (Å²) >= 11 is 0. The van der Waals surface area contributed by atoms with Crippen molar-refractivity contribution in [2.24, 2.45) is 0 Å². The van der Waals surface area contributed by atoms with E-state index in [0.29, 0.717) is 47.3 Å². The van der Waals surface area contributed by atoms with Crippen LogP contribution in [0.25, 0.3) is 11.2 Å². The molecule has 0 bridgehead atoms. The summed E-state index contributed by atoms with van der Waals surface area (Å²) in [7, 11) is 6.61. The summed E-state index contributed by atoms with van der Waals surface area (Å²) in [5, 5.41) is 0. The summed E-state index contributed by atoms with van der Waals surface area (Å²) < 4.78 is 18.5. The predicted molar refractivity (Wildman–Crippen MR) is 123 cm³/mol. The van der Waals surface area contributed by atoms with Gasteiger partial charge >= 0.3 is 0 Å². The van der Waals surface area contributed by atoms with Crippen molar-refractivity contribution >= 4 is 17.1 Å². The van der Waals surface area contributed by atoms with Crippen LogP contribution in [-0.4, -0.2) is 58.6 Å². The first-order valence-corrected chi connectivity index (χ1v) is 10.3. The molecule has 0 aliphatic heterocycles. The quantitative estimate of drug-likeness (QED) is 0.410. The molecular formula is C24H25N5O4. The van der Waals surface area contributed by atoms with Crippen LogP contribution in [0.4, 0.5) is 0 Å². The Morgan fingerprint density at radius 2 is 1.76 bits per heavy atom. The van der Waals surface area contributed by atoms with Crippen molar-refractivity contribution < 1.29 is 19.0 Å². The van der Waals surface area contributed by atoms with Crippen molar-refractivity contribution in [2.45, 2.75) is 13.2 Å². The molecule has 0 N–H and O–H groups in total. The van der Waals surface area contributed by atoms with Gasteiger partial charge in [0, 0.05) is 38.1 Å². The van der Waals surface area contributed by atoms with Crippen molar-refractivity contribution in [3.8, 4) is 17.4 Å². The average Bonchev–Trinajstić information content (AvgIpc) is 3.24. The Morgan fingerprint density at radius 1 is 0.939 bits per heavy atom. The third kappa shape index (κ3) is 4.87. The minimum atomic E-state index is -0.107. The minimum absolute atomic E-state index is 0.107. The zero-order valence-electron chi connectivity index (χ0n) is 19.0. The third-order valence-corrected chi connectivity index (χ3v) is 5.09. The number of methoxy groups -OCH3 is 2. The summed E-state index contributed by atoms with van der Waals surface area (Å²) in [5.41, 5.74) is 3.80. The highest BCUT2D eigenvalue weighted by molar-refractivity contribution is 5.96. The smallest absolute Gasteiger partial charge is 0.254 e. The molecule has 0 spiro atoms. The predicted octanol–water partition coefficient (Wildman–Crippen LogP) is 3.17. The molecule has 3 heterocycles. The molecule has 0 saturated carbocycles. The van der Waals surface area contributed by atoms with Gasteiger partial charge in [0.25, 0.3) is 5.91 Å². The van der Waals surface area contributed by atoms with Crippen molar-refractivity contribution in [3.63, 3.8) is 0 Å². The van der Waals surface area contributed by atoms with Gasteiger partial charge < -0.3 is 23.7 Å². The van der Waals surface area contributed by atoms with Crippen LogP contribution in [-0.2, 0) is 13.2 Å². The molecule has 0 saturated heterocycles. The number of carbonyl (C=O) groups is 1. The molecule has 0 aliphatic carbocycles. The van der Waals surface area contributed by atoms with Gasteiger partial charge in [-0.3, -0.25) is 4.79 Å². The summed E-state index contributed by atoms with van der Waals surface area (Å²) in [6.07, 6.45) is 5.01. The number of pyridine rings is 2. The van der Waals surface area contributed by atoms with Gasteiger partial charge in [-0.15, -0.1) is 0 Å². The SMILES string of the molecule is COc1ccc(COc2ccc(Cn3cnc4cc(C(=O)N(C)C)cnc43)cc2OC)cn1. The number of nitrogens with zero attached hydrogens (tertiary/aromatic N) is 5. The molecule has 3 aromatic heterocycles. The number of aromatic nitrogens is 4. The zero-order valence-corrected chi connectivity index (χ0v) is 19.0. The van der Waals surface area contributed by atoms with E-state index < -0.39 is 0 Å².